The minimum atomic E-state index is 0.272. The normalized spacial score (nSPS) is 10.0. The van der Waals surface area contributed by atoms with Crippen LogP contribution in [-0.4, -0.2) is 20.2 Å². The van der Waals surface area contributed by atoms with Crippen molar-refractivity contribution in [1.82, 2.24) is 9.97 Å². The van der Waals surface area contributed by atoms with Gasteiger partial charge in [0.05, 0.1) is 0 Å². The predicted molar refractivity (Wildman–Crippen MR) is 95.8 cm³/mol. The van der Waals surface area contributed by atoms with Gasteiger partial charge in [0.1, 0.15) is 11.5 Å². The van der Waals surface area contributed by atoms with Crippen molar-refractivity contribution >= 4 is 0 Å². The molecule has 4 heteroatoms. The summed E-state index contributed by atoms with van der Waals surface area (Å²) in [6, 6.07) is 23.2. The van der Waals surface area contributed by atoms with Gasteiger partial charge in [0, 0.05) is 35.9 Å². The van der Waals surface area contributed by atoms with E-state index in [2.05, 4.69) is 9.97 Å². The first kappa shape index (κ1) is 15.5. The number of hydrogen-bond donors (Lipinski definition) is 4. The summed E-state index contributed by atoms with van der Waals surface area (Å²) in [5.74, 6) is 0.544. The van der Waals surface area contributed by atoms with E-state index in [1.54, 1.807) is 24.5 Å². The maximum absolute atomic E-state index is 9.08. The molecule has 0 saturated heterocycles. The minimum Gasteiger partial charge on any atom is -0.506 e. The lowest BCUT2D eigenvalue weighted by Crippen LogP contribution is -1.73. The van der Waals surface area contributed by atoms with Crippen LogP contribution in [0.5, 0.6) is 11.5 Å². The number of aromatic hydroxyl groups is 2. The molecule has 0 atom stereocenters. The lowest BCUT2D eigenvalue weighted by atomic mass is 10.2. The minimum absolute atomic E-state index is 0.272. The van der Waals surface area contributed by atoms with Crippen molar-refractivity contribution < 1.29 is 10.2 Å². The fourth-order valence-electron chi connectivity index (χ4n) is 2.33. The highest BCUT2D eigenvalue weighted by molar-refractivity contribution is 5.61. The first-order chi connectivity index (χ1) is 11.7. The molecule has 0 aliphatic rings. The van der Waals surface area contributed by atoms with Gasteiger partial charge in [0.15, 0.2) is 0 Å². The summed E-state index contributed by atoms with van der Waals surface area (Å²) in [5, 5.41) is 18.2. The smallest absolute Gasteiger partial charge is 0.133 e. The van der Waals surface area contributed by atoms with Crippen LogP contribution in [0.2, 0.25) is 0 Å². The van der Waals surface area contributed by atoms with E-state index in [0.29, 0.717) is 0 Å². The largest absolute Gasteiger partial charge is 0.506 e. The highest BCUT2D eigenvalue weighted by atomic mass is 16.3. The fraction of sp³-hybridized carbons (Fsp3) is 0. The van der Waals surface area contributed by atoms with E-state index in [4.69, 9.17) is 10.2 Å². The molecule has 0 amide bonds. The summed E-state index contributed by atoms with van der Waals surface area (Å²) in [7, 11) is 0. The van der Waals surface area contributed by atoms with Crippen LogP contribution in [0.25, 0.3) is 22.5 Å². The van der Waals surface area contributed by atoms with Crippen molar-refractivity contribution in [3.8, 4) is 34.0 Å². The van der Waals surface area contributed by atoms with Crippen molar-refractivity contribution in [2.24, 2.45) is 0 Å². The van der Waals surface area contributed by atoms with Crippen LogP contribution in [-0.2, 0) is 0 Å². The fourth-order valence-corrected chi connectivity index (χ4v) is 2.33. The lowest BCUT2D eigenvalue weighted by molar-refractivity contribution is 0.475. The van der Waals surface area contributed by atoms with Gasteiger partial charge in [-0.25, -0.2) is 0 Å². The Hall–Kier alpha value is -3.40. The molecule has 2 aromatic carbocycles. The number of H-pyrrole nitrogens is 2. The van der Waals surface area contributed by atoms with Crippen LogP contribution < -0.4 is 0 Å². The number of aromatic nitrogens is 2. The molecule has 0 saturated carbocycles. The highest BCUT2D eigenvalue weighted by Crippen LogP contribution is 2.22. The van der Waals surface area contributed by atoms with E-state index in [-0.39, 0.29) is 11.5 Å². The van der Waals surface area contributed by atoms with Gasteiger partial charge in [-0.1, -0.05) is 60.7 Å². The van der Waals surface area contributed by atoms with Gasteiger partial charge in [-0.05, 0) is 11.1 Å². The first-order valence-electron chi connectivity index (χ1n) is 7.58. The molecule has 120 valence electrons. The van der Waals surface area contributed by atoms with Gasteiger partial charge in [-0.2, -0.15) is 0 Å². The number of benzene rings is 2. The van der Waals surface area contributed by atoms with Crippen molar-refractivity contribution in [2.45, 2.75) is 0 Å². The molecule has 0 aliphatic heterocycles. The van der Waals surface area contributed by atoms with E-state index in [0.717, 1.165) is 22.5 Å². The standard InChI is InChI=1S/2C10H9NO/c2*12-9-6-10(11-7-9)8-4-2-1-3-5-8/h2*1-7,11-12H. The first-order valence-corrected chi connectivity index (χ1v) is 7.58. The van der Waals surface area contributed by atoms with Crippen LogP contribution in [0.4, 0.5) is 0 Å². The van der Waals surface area contributed by atoms with Gasteiger partial charge in [-0.3, -0.25) is 0 Å². The summed E-state index contributed by atoms with van der Waals surface area (Å²) in [6.45, 7) is 0. The summed E-state index contributed by atoms with van der Waals surface area (Å²) in [5.41, 5.74) is 4.04. The lowest BCUT2D eigenvalue weighted by Gasteiger charge is -1.94. The van der Waals surface area contributed by atoms with Gasteiger partial charge < -0.3 is 20.2 Å². The Balaban J connectivity index is 0.000000141. The summed E-state index contributed by atoms with van der Waals surface area (Å²) in [4.78, 5) is 5.94. The van der Waals surface area contributed by atoms with Crippen molar-refractivity contribution in [3.05, 3.63) is 85.2 Å². The Morgan fingerprint density at radius 1 is 0.542 bits per heavy atom. The average Bonchev–Trinajstić information content (AvgIpc) is 3.26. The second kappa shape index (κ2) is 7.24. The van der Waals surface area contributed by atoms with Crippen LogP contribution in [0.1, 0.15) is 0 Å². The van der Waals surface area contributed by atoms with E-state index < -0.39 is 0 Å². The second-order valence-electron chi connectivity index (χ2n) is 5.28. The number of aromatic amines is 2. The van der Waals surface area contributed by atoms with Gasteiger partial charge >= 0.3 is 0 Å². The quantitative estimate of drug-likeness (QED) is 0.430. The Morgan fingerprint density at radius 2 is 0.917 bits per heavy atom. The molecule has 4 N–H and O–H groups in total. The van der Waals surface area contributed by atoms with Gasteiger partial charge in [0.25, 0.3) is 0 Å². The van der Waals surface area contributed by atoms with E-state index >= 15 is 0 Å². The van der Waals surface area contributed by atoms with Crippen LogP contribution in [0.15, 0.2) is 85.2 Å². The number of hydrogen-bond acceptors (Lipinski definition) is 2. The average molecular weight is 318 g/mol. The Morgan fingerprint density at radius 3 is 1.21 bits per heavy atom. The third-order valence-corrected chi connectivity index (χ3v) is 3.51. The molecule has 2 aromatic heterocycles. The van der Waals surface area contributed by atoms with Crippen molar-refractivity contribution in [2.75, 3.05) is 0 Å². The van der Waals surface area contributed by atoms with Crippen LogP contribution in [0, 0.1) is 0 Å². The molecule has 0 aliphatic carbocycles. The Bertz CT molecular complexity index is 804. The zero-order valence-corrected chi connectivity index (χ0v) is 13.0. The van der Waals surface area contributed by atoms with E-state index in [9.17, 15) is 0 Å². The maximum Gasteiger partial charge on any atom is 0.133 e. The molecule has 0 spiro atoms. The zero-order chi connectivity index (χ0) is 16.8. The van der Waals surface area contributed by atoms with Gasteiger partial charge in [0.2, 0.25) is 0 Å². The molecule has 0 fully saturated rings. The molecule has 0 bridgehead atoms. The molecule has 2 heterocycles. The molecule has 4 nitrogen and oxygen atoms in total. The van der Waals surface area contributed by atoms with Gasteiger partial charge in [-0.15, -0.1) is 0 Å². The Kier molecular flexibility index (Phi) is 4.68. The van der Waals surface area contributed by atoms with Crippen LogP contribution in [0.3, 0.4) is 0 Å². The SMILES string of the molecule is Oc1c[nH]c(-c2ccccc2)c1.Oc1c[nH]c(-c2ccccc2)c1. The number of nitrogens with one attached hydrogen (secondary N) is 2. The molecule has 24 heavy (non-hydrogen) atoms. The summed E-state index contributed by atoms with van der Waals surface area (Å²) in [6.07, 6.45) is 3.14. The maximum atomic E-state index is 9.08. The number of rotatable bonds is 2. The molecule has 4 rings (SSSR count). The van der Waals surface area contributed by atoms with E-state index in [1.165, 1.54) is 0 Å². The van der Waals surface area contributed by atoms with Crippen LogP contribution >= 0.6 is 0 Å². The zero-order valence-electron chi connectivity index (χ0n) is 13.0. The summed E-state index contributed by atoms with van der Waals surface area (Å²) < 4.78 is 0. The topological polar surface area (TPSA) is 72.0 Å². The summed E-state index contributed by atoms with van der Waals surface area (Å²) >= 11 is 0. The van der Waals surface area contributed by atoms with Crippen molar-refractivity contribution in [3.63, 3.8) is 0 Å². The molecule has 0 radical (unpaired) electrons. The third-order valence-electron chi connectivity index (χ3n) is 3.51. The molecule has 0 unspecified atom stereocenters. The predicted octanol–water partition coefficient (Wildman–Crippen LogP) is 4.77. The monoisotopic (exact) mass is 318 g/mol. The Labute approximate surface area is 140 Å². The highest BCUT2D eigenvalue weighted by Gasteiger charge is 1.99. The van der Waals surface area contributed by atoms with Crippen molar-refractivity contribution in [1.29, 1.82) is 0 Å². The molecule has 4 aromatic rings. The molecular weight excluding hydrogens is 300 g/mol. The molecular formula is C20H18N2O2. The van der Waals surface area contributed by atoms with E-state index in [1.807, 2.05) is 60.7 Å². The second-order valence-corrected chi connectivity index (χ2v) is 5.28. The third kappa shape index (κ3) is 3.87.